The maximum Gasteiger partial charge on any atom is 0.248 e. The quantitative estimate of drug-likeness (QED) is 0.363. The number of amides is 2. The molecule has 1 atom stereocenters. The summed E-state index contributed by atoms with van der Waals surface area (Å²) in [4.78, 5) is 29.1. The molecule has 1 aliphatic heterocycles. The summed E-state index contributed by atoms with van der Waals surface area (Å²) in [5, 5.41) is 8.95. The predicted molar refractivity (Wildman–Crippen MR) is 146 cm³/mol. The lowest BCUT2D eigenvalue weighted by Crippen LogP contribution is -2.44. The van der Waals surface area contributed by atoms with Gasteiger partial charge < -0.3 is 10.1 Å². The molecule has 1 aliphatic rings. The Kier molecular flexibility index (Phi) is 7.21. The molecule has 0 fully saturated rings. The van der Waals surface area contributed by atoms with Crippen molar-refractivity contribution in [2.45, 2.75) is 24.5 Å². The summed E-state index contributed by atoms with van der Waals surface area (Å²) in [7, 11) is 1.59. The average molecular weight is 533 g/mol. The van der Waals surface area contributed by atoms with Crippen LogP contribution < -0.4 is 15.0 Å². The van der Waals surface area contributed by atoms with Gasteiger partial charge in [0.2, 0.25) is 11.8 Å². The van der Waals surface area contributed by atoms with Crippen LogP contribution in [0.25, 0.3) is 5.69 Å². The highest BCUT2D eigenvalue weighted by atomic mass is 35.5. The van der Waals surface area contributed by atoms with Gasteiger partial charge in [0.25, 0.3) is 0 Å². The highest BCUT2D eigenvalue weighted by molar-refractivity contribution is 8.00. The number of benzene rings is 3. The van der Waals surface area contributed by atoms with Crippen LogP contribution in [0.4, 0.5) is 5.69 Å². The third kappa shape index (κ3) is 4.82. The Morgan fingerprint density at radius 1 is 1.08 bits per heavy atom. The largest absolute Gasteiger partial charge is 0.496 e. The van der Waals surface area contributed by atoms with Gasteiger partial charge in [-0.05, 0) is 37.3 Å². The van der Waals surface area contributed by atoms with E-state index >= 15 is 0 Å². The number of rotatable bonds is 6. The van der Waals surface area contributed by atoms with Crippen molar-refractivity contribution in [1.82, 2.24) is 15.1 Å². The van der Waals surface area contributed by atoms with E-state index in [2.05, 4.69) is 5.32 Å². The van der Waals surface area contributed by atoms with Gasteiger partial charge in [0, 0.05) is 17.7 Å². The number of methoxy groups -OCH3 is 1. The van der Waals surface area contributed by atoms with Crippen molar-refractivity contribution in [3.8, 4) is 11.4 Å². The van der Waals surface area contributed by atoms with E-state index in [1.54, 1.807) is 36.1 Å². The number of aryl methyl sites for hydroxylation is 1. The van der Waals surface area contributed by atoms with Gasteiger partial charge in [-0.1, -0.05) is 71.9 Å². The second kappa shape index (κ2) is 10.7. The Hall–Kier alpha value is -3.75. The van der Waals surface area contributed by atoms with Gasteiger partial charge in [-0.15, -0.1) is 0 Å². The third-order valence-electron chi connectivity index (χ3n) is 6.20. The molecule has 1 aromatic heterocycles. The molecule has 0 spiro atoms. The molecule has 0 unspecified atom stereocenters. The van der Waals surface area contributed by atoms with Crippen molar-refractivity contribution < 1.29 is 14.3 Å². The second-order valence-corrected chi connectivity index (χ2v) is 9.86. The maximum atomic E-state index is 14.0. The highest BCUT2D eigenvalue weighted by Crippen LogP contribution is 2.42. The molecule has 0 saturated carbocycles. The van der Waals surface area contributed by atoms with Crippen LogP contribution in [0.3, 0.4) is 0 Å². The number of nitrogens with one attached hydrogen (secondary N) is 1. The van der Waals surface area contributed by atoms with Gasteiger partial charge in [0.05, 0.1) is 35.0 Å². The number of ether oxygens (including phenoxy) is 1. The molecule has 1 N–H and O–H groups in total. The van der Waals surface area contributed by atoms with Crippen molar-refractivity contribution >= 4 is 40.9 Å². The number of carbonyl (C=O) groups excluding carboxylic acids is 2. The van der Waals surface area contributed by atoms with Crippen LogP contribution in [0, 0.1) is 6.92 Å². The zero-order valence-electron chi connectivity index (χ0n) is 20.3. The Bertz CT molecular complexity index is 1460. The van der Waals surface area contributed by atoms with Crippen molar-refractivity contribution in [2.24, 2.45) is 0 Å². The van der Waals surface area contributed by atoms with Gasteiger partial charge in [-0.25, -0.2) is 4.68 Å². The first-order valence-corrected chi connectivity index (χ1v) is 13.1. The number of carbonyl (C=O) groups is 2. The fourth-order valence-electron chi connectivity index (χ4n) is 4.49. The molecular weight excluding hydrogens is 508 g/mol. The van der Waals surface area contributed by atoms with Gasteiger partial charge in [0.1, 0.15) is 16.8 Å². The molecule has 0 bridgehead atoms. The van der Waals surface area contributed by atoms with Crippen molar-refractivity contribution in [3.05, 3.63) is 101 Å². The fourth-order valence-corrected chi connectivity index (χ4v) is 5.80. The number of hydrogen-bond acceptors (Lipinski definition) is 5. The van der Waals surface area contributed by atoms with E-state index in [1.807, 2.05) is 61.5 Å². The topological polar surface area (TPSA) is 76.5 Å². The number of hydrogen-bond donors (Lipinski definition) is 1. The first-order chi connectivity index (χ1) is 18.0. The maximum absolute atomic E-state index is 14.0. The van der Waals surface area contributed by atoms with Crippen molar-refractivity contribution in [2.75, 3.05) is 17.8 Å². The minimum absolute atomic E-state index is 0.131. The molecule has 2 amide bonds. The number of anilines is 1. The predicted octanol–water partition coefficient (Wildman–Crippen LogP) is 5.34. The summed E-state index contributed by atoms with van der Waals surface area (Å²) in [6.07, 6.45) is 0. The molecule has 0 aliphatic carbocycles. The molecule has 9 heteroatoms. The molecule has 5 rings (SSSR count). The van der Waals surface area contributed by atoms with Crippen LogP contribution in [0.1, 0.15) is 22.9 Å². The average Bonchev–Trinajstić information content (AvgIpc) is 3.16. The Labute approximate surface area is 224 Å². The summed E-state index contributed by atoms with van der Waals surface area (Å²) < 4.78 is 7.25. The van der Waals surface area contributed by atoms with E-state index in [9.17, 15) is 9.59 Å². The van der Waals surface area contributed by atoms with Crippen molar-refractivity contribution in [3.63, 3.8) is 0 Å². The van der Waals surface area contributed by atoms with Crippen LogP contribution in [0.5, 0.6) is 5.75 Å². The first-order valence-electron chi connectivity index (χ1n) is 11.7. The van der Waals surface area contributed by atoms with Gasteiger partial charge in [-0.2, -0.15) is 5.10 Å². The number of nitrogens with zero attached hydrogens (tertiary/aromatic N) is 3. The molecule has 3 aromatic carbocycles. The molecule has 2 heterocycles. The van der Waals surface area contributed by atoms with Crippen molar-refractivity contribution in [1.29, 1.82) is 0 Å². The minimum atomic E-state index is -0.968. The smallest absolute Gasteiger partial charge is 0.248 e. The molecule has 4 aromatic rings. The van der Waals surface area contributed by atoms with E-state index in [-0.39, 0.29) is 24.1 Å². The zero-order valence-corrected chi connectivity index (χ0v) is 21.9. The normalized spacial score (nSPS) is 15.2. The number of fused-ring (bicyclic) bond motifs is 1. The molecule has 0 saturated heterocycles. The van der Waals surface area contributed by atoms with Crippen LogP contribution in [0.2, 0.25) is 5.02 Å². The van der Waals surface area contributed by atoms with E-state index in [1.165, 1.54) is 16.7 Å². The van der Waals surface area contributed by atoms with Gasteiger partial charge in [-0.3, -0.25) is 14.5 Å². The zero-order chi connectivity index (χ0) is 25.9. The summed E-state index contributed by atoms with van der Waals surface area (Å²) in [6, 6.07) is 23.3. The number of para-hydroxylation sites is 3. The summed E-state index contributed by atoms with van der Waals surface area (Å²) in [6.45, 7) is 2.10. The number of aromatic nitrogens is 2. The molecule has 0 radical (unpaired) electrons. The Morgan fingerprint density at radius 2 is 1.78 bits per heavy atom. The number of halogens is 1. The third-order valence-corrected chi connectivity index (χ3v) is 7.58. The molecule has 188 valence electrons. The SMILES string of the molecule is COc1ccccc1CNC(=O)[C@H]1c2c(C)nn(-c3ccccc3)c2SCC(=O)N1c1ccccc1Cl. The summed E-state index contributed by atoms with van der Waals surface area (Å²) in [5.41, 5.74) is 3.50. The Balaban J connectivity index is 1.62. The monoisotopic (exact) mass is 532 g/mol. The lowest BCUT2D eigenvalue weighted by Gasteiger charge is -2.30. The van der Waals surface area contributed by atoms with E-state index in [0.717, 1.165) is 16.3 Å². The molecule has 7 nitrogen and oxygen atoms in total. The fraction of sp³-hybridized carbons (Fsp3) is 0.179. The van der Waals surface area contributed by atoms with Crippen LogP contribution in [-0.2, 0) is 16.1 Å². The first kappa shape index (κ1) is 24.9. The Morgan fingerprint density at radius 3 is 2.54 bits per heavy atom. The van der Waals surface area contributed by atoms with Gasteiger partial charge in [0.15, 0.2) is 0 Å². The van der Waals surface area contributed by atoms with Gasteiger partial charge >= 0.3 is 0 Å². The van der Waals surface area contributed by atoms with Crippen LogP contribution in [0.15, 0.2) is 83.9 Å². The second-order valence-electron chi connectivity index (χ2n) is 8.49. The summed E-state index contributed by atoms with van der Waals surface area (Å²) >= 11 is 7.93. The van der Waals surface area contributed by atoms with E-state index < -0.39 is 6.04 Å². The van der Waals surface area contributed by atoms with E-state index in [4.69, 9.17) is 21.4 Å². The highest BCUT2D eigenvalue weighted by Gasteiger charge is 2.41. The lowest BCUT2D eigenvalue weighted by molar-refractivity contribution is -0.126. The van der Waals surface area contributed by atoms with Crippen LogP contribution >= 0.6 is 23.4 Å². The standard InChI is InChI=1S/C28H25ClN4O3S/c1-18-25-26(27(35)30-16-19-10-6-9-15-23(19)36-2)32(22-14-8-7-13-21(22)29)24(34)17-37-28(25)33(31-18)20-11-4-3-5-12-20/h3-15,26H,16-17H2,1-2H3,(H,30,35)/t26-/m1/s1. The van der Waals surface area contributed by atoms with Crippen LogP contribution in [-0.4, -0.2) is 34.5 Å². The lowest BCUT2D eigenvalue weighted by atomic mass is 10.0. The summed E-state index contributed by atoms with van der Waals surface area (Å²) in [5.74, 6) is 0.253. The molecule has 37 heavy (non-hydrogen) atoms. The van der Waals surface area contributed by atoms with E-state index in [0.29, 0.717) is 27.7 Å². The number of thioether (sulfide) groups is 1. The minimum Gasteiger partial charge on any atom is -0.496 e. The molecular formula is C28H25ClN4O3S.